The minimum Gasteiger partial charge on any atom is -0.489 e. The number of pyridine rings is 1. The molecular formula is C18H15NO3. The number of carbonyl (C=O) groups excluding carboxylic acids is 1. The number of hydrogen-bond donors (Lipinski definition) is 0. The monoisotopic (exact) mass is 293 g/mol. The standard InChI is InChI=1S/C18H15NO3/c1-12(2)11-21-14-5-6-15-16(9-14)22-17(18(15)20)8-13-4-3-7-19-10-13/h3-10H,1,11H2,2H3. The average molecular weight is 293 g/mol. The quantitative estimate of drug-likeness (QED) is 0.637. The number of aromatic nitrogens is 1. The van der Waals surface area contributed by atoms with Gasteiger partial charge in [-0.15, -0.1) is 0 Å². The summed E-state index contributed by atoms with van der Waals surface area (Å²) in [7, 11) is 0. The first-order chi connectivity index (χ1) is 10.6. The number of Topliss-reactive ketones (excluding diaryl/α,β-unsaturated/α-hetero) is 1. The Morgan fingerprint density at radius 2 is 2.27 bits per heavy atom. The van der Waals surface area contributed by atoms with Crippen molar-refractivity contribution in [3.8, 4) is 11.5 Å². The van der Waals surface area contributed by atoms with Gasteiger partial charge in [-0.2, -0.15) is 0 Å². The van der Waals surface area contributed by atoms with Crippen molar-refractivity contribution in [1.82, 2.24) is 4.98 Å². The van der Waals surface area contributed by atoms with Gasteiger partial charge in [0, 0.05) is 18.5 Å². The molecule has 0 fully saturated rings. The van der Waals surface area contributed by atoms with Crippen LogP contribution in [0.2, 0.25) is 0 Å². The number of hydrogen-bond acceptors (Lipinski definition) is 4. The summed E-state index contributed by atoms with van der Waals surface area (Å²) in [5.41, 5.74) is 2.28. The second kappa shape index (κ2) is 5.85. The fourth-order valence-electron chi connectivity index (χ4n) is 2.08. The molecule has 0 saturated carbocycles. The van der Waals surface area contributed by atoms with E-state index < -0.39 is 0 Å². The highest BCUT2D eigenvalue weighted by Crippen LogP contribution is 2.34. The lowest BCUT2D eigenvalue weighted by Gasteiger charge is -2.06. The maximum absolute atomic E-state index is 12.3. The van der Waals surface area contributed by atoms with E-state index in [-0.39, 0.29) is 5.78 Å². The van der Waals surface area contributed by atoms with Crippen molar-refractivity contribution in [2.45, 2.75) is 6.92 Å². The Morgan fingerprint density at radius 1 is 1.41 bits per heavy atom. The van der Waals surface area contributed by atoms with E-state index in [0.29, 0.717) is 29.4 Å². The molecule has 0 atom stereocenters. The third-order valence-electron chi connectivity index (χ3n) is 3.11. The van der Waals surface area contributed by atoms with Gasteiger partial charge < -0.3 is 9.47 Å². The summed E-state index contributed by atoms with van der Waals surface area (Å²) in [5.74, 6) is 1.32. The molecule has 0 bridgehead atoms. The van der Waals surface area contributed by atoms with E-state index in [9.17, 15) is 4.79 Å². The number of nitrogens with zero attached hydrogens (tertiary/aromatic N) is 1. The summed E-state index contributed by atoms with van der Waals surface area (Å²) in [4.78, 5) is 16.3. The number of rotatable bonds is 4. The van der Waals surface area contributed by atoms with Crippen LogP contribution in [-0.2, 0) is 0 Å². The number of fused-ring (bicyclic) bond motifs is 1. The summed E-state index contributed by atoms with van der Waals surface area (Å²) in [5, 5.41) is 0. The first-order valence-corrected chi connectivity index (χ1v) is 6.89. The number of allylic oxidation sites excluding steroid dienone is 1. The zero-order valence-electron chi connectivity index (χ0n) is 12.2. The molecule has 0 saturated heterocycles. The van der Waals surface area contributed by atoms with Gasteiger partial charge in [0.1, 0.15) is 18.1 Å². The molecule has 0 unspecified atom stereocenters. The molecule has 0 N–H and O–H groups in total. The summed E-state index contributed by atoms with van der Waals surface area (Å²) in [6.45, 7) is 6.11. The second-order valence-corrected chi connectivity index (χ2v) is 5.13. The van der Waals surface area contributed by atoms with Crippen molar-refractivity contribution in [3.05, 3.63) is 71.8 Å². The predicted octanol–water partition coefficient (Wildman–Crippen LogP) is 3.65. The van der Waals surface area contributed by atoms with Crippen molar-refractivity contribution in [2.24, 2.45) is 0 Å². The molecular weight excluding hydrogens is 278 g/mol. The van der Waals surface area contributed by atoms with E-state index in [1.807, 2.05) is 19.1 Å². The SMILES string of the molecule is C=C(C)COc1ccc2c(c1)OC(=Cc1cccnc1)C2=O. The van der Waals surface area contributed by atoms with Gasteiger partial charge in [-0.25, -0.2) is 0 Å². The lowest BCUT2D eigenvalue weighted by atomic mass is 10.1. The lowest BCUT2D eigenvalue weighted by Crippen LogP contribution is -1.98. The largest absolute Gasteiger partial charge is 0.489 e. The maximum atomic E-state index is 12.3. The van der Waals surface area contributed by atoms with Crippen molar-refractivity contribution in [2.75, 3.05) is 6.61 Å². The Hall–Kier alpha value is -2.88. The fraction of sp³-hybridized carbons (Fsp3) is 0.111. The van der Waals surface area contributed by atoms with Crippen LogP contribution in [0.15, 0.2) is 60.6 Å². The first kappa shape index (κ1) is 14.1. The number of carbonyl (C=O) groups is 1. The van der Waals surface area contributed by atoms with Crippen molar-refractivity contribution in [3.63, 3.8) is 0 Å². The zero-order valence-corrected chi connectivity index (χ0v) is 12.2. The van der Waals surface area contributed by atoms with Crippen molar-refractivity contribution < 1.29 is 14.3 Å². The van der Waals surface area contributed by atoms with Crippen LogP contribution in [0.25, 0.3) is 6.08 Å². The molecule has 0 amide bonds. The highest BCUT2D eigenvalue weighted by Gasteiger charge is 2.27. The van der Waals surface area contributed by atoms with E-state index in [1.165, 1.54) is 0 Å². The molecule has 0 spiro atoms. The highest BCUT2D eigenvalue weighted by molar-refractivity contribution is 6.14. The molecule has 2 heterocycles. The molecule has 3 rings (SSSR count). The van der Waals surface area contributed by atoms with Gasteiger partial charge in [-0.3, -0.25) is 9.78 Å². The van der Waals surface area contributed by atoms with Gasteiger partial charge in [-0.1, -0.05) is 12.6 Å². The van der Waals surface area contributed by atoms with Gasteiger partial charge in [0.25, 0.3) is 0 Å². The third kappa shape index (κ3) is 2.91. The minimum absolute atomic E-state index is 0.134. The van der Waals surface area contributed by atoms with Crippen LogP contribution in [0, 0.1) is 0 Å². The molecule has 2 aromatic rings. The van der Waals surface area contributed by atoms with E-state index >= 15 is 0 Å². The van der Waals surface area contributed by atoms with Gasteiger partial charge >= 0.3 is 0 Å². The van der Waals surface area contributed by atoms with Gasteiger partial charge in [0.15, 0.2) is 5.76 Å². The van der Waals surface area contributed by atoms with Gasteiger partial charge in [0.2, 0.25) is 5.78 Å². The lowest BCUT2D eigenvalue weighted by molar-refractivity contribution is 0.101. The van der Waals surface area contributed by atoms with Crippen LogP contribution in [0.1, 0.15) is 22.8 Å². The van der Waals surface area contributed by atoms with Gasteiger partial charge in [-0.05, 0) is 42.3 Å². The number of ketones is 1. The predicted molar refractivity (Wildman–Crippen MR) is 83.9 cm³/mol. The number of benzene rings is 1. The Labute approximate surface area is 128 Å². The first-order valence-electron chi connectivity index (χ1n) is 6.89. The smallest absolute Gasteiger partial charge is 0.231 e. The van der Waals surface area contributed by atoms with Crippen LogP contribution in [0.5, 0.6) is 11.5 Å². The Kier molecular flexibility index (Phi) is 3.74. The highest BCUT2D eigenvalue weighted by atomic mass is 16.5. The van der Waals surface area contributed by atoms with E-state index in [1.54, 1.807) is 36.7 Å². The molecule has 1 aliphatic rings. The van der Waals surface area contributed by atoms with Crippen molar-refractivity contribution in [1.29, 1.82) is 0 Å². The van der Waals surface area contributed by atoms with Crippen molar-refractivity contribution >= 4 is 11.9 Å². The zero-order chi connectivity index (χ0) is 15.5. The van der Waals surface area contributed by atoms with Crippen LogP contribution in [0.4, 0.5) is 0 Å². The van der Waals surface area contributed by atoms with Crippen LogP contribution in [-0.4, -0.2) is 17.4 Å². The molecule has 4 nitrogen and oxygen atoms in total. The third-order valence-corrected chi connectivity index (χ3v) is 3.11. The van der Waals surface area contributed by atoms with E-state index in [2.05, 4.69) is 11.6 Å². The second-order valence-electron chi connectivity index (χ2n) is 5.13. The van der Waals surface area contributed by atoms with Crippen LogP contribution >= 0.6 is 0 Å². The molecule has 22 heavy (non-hydrogen) atoms. The molecule has 0 aliphatic carbocycles. The van der Waals surface area contributed by atoms with Crippen LogP contribution in [0.3, 0.4) is 0 Å². The molecule has 1 aliphatic heterocycles. The Bertz CT molecular complexity index is 763. The molecule has 110 valence electrons. The Morgan fingerprint density at radius 3 is 3.00 bits per heavy atom. The van der Waals surface area contributed by atoms with Crippen LogP contribution < -0.4 is 9.47 Å². The van der Waals surface area contributed by atoms with Gasteiger partial charge in [0.05, 0.1) is 5.56 Å². The summed E-state index contributed by atoms with van der Waals surface area (Å²) in [6.07, 6.45) is 5.04. The number of ether oxygens (including phenoxy) is 2. The Balaban J connectivity index is 1.84. The molecule has 4 heteroatoms. The average Bonchev–Trinajstić information content (AvgIpc) is 2.82. The van der Waals surface area contributed by atoms with E-state index in [0.717, 1.165) is 11.1 Å². The maximum Gasteiger partial charge on any atom is 0.231 e. The molecule has 1 aromatic carbocycles. The molecule has 1 aromatic heterocycles. The summed E-state index contributed by atoms with van der Waals surface area (Å²) >= 11 is 0. The van der Waals surface area contributed by atoms with E-state index in [4.69, 9.17) is 9.47 Å². The normalized spacial score (nSPS) is 14.6. The topological polar surface area (TPSA) is 48.4 Å². The summed E-state index contributed by atoms with van der Waals surface area (Å²) in [6, 6.07) is 8.87. The summed E-state index contributed by atoms with van der Waals surface area (Å²) < 4.78 is 11.2. The fourth-order valence-corrected chi connectivity index (χ4v) is 2.08. The minimum atomic E-state index is -0.134. The molecule has 0 radical (unpaired) electrons.